The highest BCUT2D eigenvalue weighted by molar-refractivity contribution is 5.87. The lowest BCUT2D eigenvalue weighted by molar-refractivity contribution is -0.116. The number of hydrogen-bond acceptors (Lipinski definition) is 1. The van der Waals surface area contributed by atoms with Gasteiger partial charge in [-0.15, -0.1) is 0 Å². The molecule has 2 heteroatoms. The monoisotopic (exact) mass is 139 g/mol. The van der Waals surface area contributed by atoms with E-state index >= 15 is 0 Å². The molecule has 1 saturated carbocycles. The molecule has 2 nitrogen and oxygen atoms in total. The van der Waals surface area contributed by atoms with Crippen LogP contribution in [0.2, 0.25) is 0 Å². The summed E-state index contributed by atoms with van der Waals surface area (Å²) in [6.45, 7) is 2.71. The Labute approximate surface area is 61.3 Å². The molecule has 0 unspecified atom stereocenters. The number of allylic oxidation sites excluding steroid dienone is 1. The third kappa shape index (κ3) is 2.67. The molecule has 1 aliphatic carbocycles. The van der Waals surface area contributed by atoms with E-state index in [0.717, 1.165) is 12.5 Å². The second-order valence-electron chi connectivity index (χ2n) is 2.69. The first kappa shape index (κ1) is 7.32. The van der Waals surface area contributed by atoms with Crippen LogP contribution in [0.25, 0.3) is 0 Å². The van der Waals surface area contributed by atoms with Gasteiger partial charge >= 0.3 is 0 Å². The van der Waals surface area contributed by atoms with E-state index in [9.17, 15) is 4.79 Å². The molecular weight excluding hydrogens is 126 g/mol. The van der Waals surface area contributed by atoms with Crippen molar-refractivity contribution in [2.45, 2.75) is 19.8 Å². The van der Waals surface area contributed by atoms with Crippen molar-refractivity contribution in [3.63, 3.8) is 0 Å². The Kier molecular flexibility index (Phi) is 2.49. The Morgan fingerprint density at radius 1 is 1.70 bits per heavy atom. The lowest BCUT2D eigenvalue weighted by Crippen LogP contribution is -2.23. The average Bonchev–Trinajstić information content (AvgIpc) is 2.67. The van der Waals surface area contributed by atoms with Crippen molar-refractivity contribution in [2.24, 2.45) is 5.92 Å². The summed E-state index contributed by atoms with van der Waals surface area (Å²) in [5.74, 6) is 0.809. The van der Waals surface area contributed by atoms with Crippen molar-refractivity contribution < 1.29 is 4.79 Å². The maximum atomic E-state index is 10.8. The van der Waals surface area contributed by atoms with Gasteiger partial charge in [0.25, 0.3) is 0 Å². The fourth-order valence-corrected chi connectivity index (χ4v) is 0.777. The number of nitrogens with one attached hydrogen (secondary N) is 1. The second-order valence-corrected chi connectivity index (χ2v) is 2.69. The summed E-state index contributed by atoms with van der Waals surface area (Å²) in [6, 6.07) is 0. The molecule has 56 valence electrons. The highest BCUT2D eigenvalue weighted by Gasteiger charge is 2.20. The molecule has 0 aromatic rings. The SMILES string of the molecule is CC=CC(=O)NCC1CC1. The quantitative estimate of drug-likeness (QED) is 0.582. The standard InChI is InChI=1S/C8H13NO/c1-2-3-8(10)9-6-7-4-5-7/h2-3,7H,4-6H2,1H3,(H,9,10). The maximum absolute atomic E-state index is 10.8. The number of rotatable bonds is 3. The van der Waals surface area contributed by atoms with Gasteiger partial charge in [0.15, 0.2) is 0 Å². The first-order valence-electron chi connectivity index (χ1n) is 3.73. The van der Waals surface area contributed by atoms with Crippen LogP contribution in [0.3, 0.4) is 0 Å². The molecule has 1 N–H and O–H groups in total. The zero-order valence-corrected chi connectivity index (χ0v) is 6.26. The number of carbonyl (C=O) groups excluding carboxylic acids is 1. The Morgan fingerprint density at radius 2 is 2.40 bits per heavy atom. The molecule has 1 aliphatic rings. The largest absolute Gasteiger partial charge is 0.352 e. The topological polar surface area (TPSA) is 29.1 Å². The van der Waals surface area contributed by atoms with Gasteiger partial charge in [0.05, 0.1) is 0 Å². The van der Waals surface area contributed by atoms with Crippen molar-refractivity contribution in [2.75, 3.05) is 6.54 Å². The van der Waals surface area contributed by atoms with Crippen LogP contribution in [0.1, 0.15) is 19.8 Å². The van der Waals surface area contributed by atoms with Gasteiger partial charge in [-0.1, -0.05) is 6.08 Å². The lowest BCUT2D eigenvalue weighted by atomic mass is 10.4. The van der Waals surface area contributed by atoms with Crippen LogP contribution in [0.15, 0.2) is 12.2 Å². The minimum absolute atomic E-state index is 0.0365. The minimum atomic E-state index is 0.0365. The van der Waals surface area contributed by atoms with Gasteiger partial charge in [-0.25, -0.2) is 0 Å². The highest BCUT2D eigenvalue weighted by Crippen LogP contribution is 2.27. The molecule has 0 aromatic heterocycles. The smallest absolute Gasteiger partial charge is 0.243 e. The summed E-state index contributed by atoms with van der Waals surface area (Å²) in [4.78, 5) is 10.8. The van der Waals surface area contributed by atoms with Crippen molar-refractivity contribution in [1.29, 1.82) is 0 Å². The summed E-state index contributed by atoms with van der Waals surface area (Å²) < 4.78 is 0. The zero-order chi connectivity index (χ0) is 7.40. The molecule has 1 rings (SSSR count). The van der Waals surface area contributed by atoms with Crippen LogP contribution in [-0.4, -0.2) is 12.5 Å². The lowest BCUT2D eigenvalue weighted by Gasteiger charge is -1.97. The van der Waals surface area contributed by atoms with Crippen molar-refractivity contribution in [3.05, 3.63) is 12.2 Å². The fourth-order valence-electron chi connectivity index (χ4n) is 0.777. The predicted molar refractivity (Wildman–Crippen MR) is 40.5 cm³/mol. The van der Waals surface area contributed by atoms with Gasteiger partial charge in [-0.3, -0.25) is 4.79 Å². The van der Waals surface area contributed by atoms with Crippen LogP contribution in [-0.2, 0) is 4.79 Å². The van der Waals surface area contributed by atoms with Crippen LogP contribution >= 0.6 is 0 Å². The summed E-state index contributed by atoms with van der Waals surface area (Å²) in [6.07, 6.45) is 5.89. The Bertz CT molecular complexity index is 147. The Balaban J connectivity index is 2.05. The van der Waals surface area contributed by atoms with E-state index in [-0.39, 0.29) is 5.91 Å². The fraction of sp³-hybridized carbons (Fsp3) is 0.625. The van der Waals surface area contributed by atoms with E-state index in [1.54, 1.807) is 12.2 Å². The van der Waals surface area contributed by atoms with E-state index < -0.39 is 0 Å². The molecule has 0 radical (unpaired) electrons. The Morgan fingerprint density at radius 3 is 2.90 bits per heavy atom. The molecule has 0 atom stereocenters. The summed E-state index contributed by atoms with van der Waals surface area (Å²) in [5, 5.41) is 2.82. The highest BCUT2D eigenvalue weighted by atomic mass is 16.1. The Hall–Kier alpha value is -0.790. The third-order valence-electron chi connectivity index (χ3n) is 1.58. The molecular formula is C8H13NO. The minimum Gasteiger partial charge on any atom is -0.352 e. The molecule has 0 heterocycles. The van der Waals surface area contributed by atoms with Crippen LogP contribution < -0.4 is 5.32 Å². The van der Waals surface area contributed by atoms with Crippen molar-refractivity contribution >= 4 is 5.91 Å². The van der Waals surface area contributed by atoms with Gasteiger partial charge in [0.1, 0.15) is 0 Å². The zero-order valence-electron chi connectivity index (χ0n) is 6.26. The number of carbonyl (C=O) groups is 1. The molecule has 1 fully saturated rings. The normalized spacial score (nSPS) is 17.7. The molecule has 0 bridgehead atoms. The van der Waals surface area contributed by atoms with Crippen molar-refractivity contribution in [3.8, 4) is 0 Å². The van der Waals surface area contributed by atoms with Gasteiger partial charge in [0, 0.05) is 6.54 Å². The van der Waals surface area contributed by atoms with E-state index in [2.05, 4.69) is 5.32 Å². The number of hydrogen-bond donors (Lipinski definition) is 1. The average molecular weight is 139 g/mol. The molecule has 0 aliphatic heterocycles. The third-order valence-corrected chi connectivity index (χ3v) is 1.58. The summed E-state index contributed by atoms with van der Waals surface area (Å²) in [5.41, 5.74) is 0. The van der Waals surface area contributed by atoms with E-state index in [4.69, 9.17) is 0 Å². The molecule has 0 saturated heterocycles. The van der Waals surface area contributed by atoms with Gasteiger partial charge in [0.2, 0.25) is 5.91 Å². The summed E-state index contributed by atoms with van der Waals surface area (Å²) in [7, 11) is 0. The molecule has 1 amide bonds. The van der Waals surface area contributed by atoms with E-state index in [1.807, 2.05) is 6.92 Å². The van der Waals surface area contributed by atoms with Crippen molar-refractivity contribution in [1.82, 2.24) is 5.32 Å². The van der Waals surface area contributed by atoms with E-state index in [0.29, 0.717) is 0 Å². The predicted octanol–water partition coefficient (Wildman–Crippen LogP) is 1.09. The summed E-state index contributed by atoms with van der Waals surface area (Å²) >= 11 is 0. The van der Waals surface area contributed by atoms with Gasteiger partial charge < -0.3 is 5.32 Å². The van der Waals surface area contributed by atoms with Crippen LogP contribution in [0, 0.1) is 5.92 Å². The van der Waals surface area contributed by atoms with Crippen LogP contribution in [0.5, 0.6) is 0 Å². The first-order chi connectivity index (χ1) is 4.83. The molecule has 10 heavy (non-hydrogen) atoms. The molecule has 0 spiro atoms. The first-order valence-corrected chi connectivity index (χ1v) is 3.73. The second kappa shape index (κ2) is 3.40. The number of amides is 1. The van der Waals surface area contributed by atoms with Crippen LogP contribution in [0.4, 0.5) is 0 Å². The maximum Gasteiger partial charge on any atom is 0.243 e. The molecule has 0 aromatic carbocycles. The van der Waals surface area contributed by atoms with Gasteiger partial charge in [-0.2, -0.15) is 0 Å². The van der Waals surface area contributed by atoms with E-state index in [1.165, 1.54) is 12.8 Å². The van der Waals surface area contributed by atoms with Gasteiger partial charge in [-0.05, 0) is 31.8 Å².